The molecule has 1 aromatic rings. The largest absolute Gasteiger partial charge is 0.444 e. The van der Waals surface area contributed by atoms with Gasteiger partial charge >= 0.3 is 6.09 Å². The first-order valence-corrected chi connectivity index (χ1v) is 5.82. The van der Waals surface area contributed by atoms with E-state index in [1.165, 1.54) is 0 Å². The van der Waals surface area contributed by atoms with Crippen LogP contribution < -0.4 is 5.32 Å². The van der Waals surface area contributed by atoms with E-state index in [9.17, 15) is 4.79 Å². The monoisotopic (exact) mass is 289 g/mol. The minimum atomic E-state index is -0.457. The fourth-order valence-corrected chi connectivity index (χ4v) is 1.43. The summed E-state index contributed by atoms with van der Waals surface area (Å²) in [6.45, 7) is 6.01. The second kappa shape index (κ2) is 5.34. The third-order valence-corrected chi connectivity index (χ3v) is 2.06. The van der Waals surface area contributed by atoms with Gasteiger partial charge in [-0.25, -0.2) is 9.78 Å². The van der Waals surface area contributed by atoms with Crippen molar-refractivity contribution in [2.75, 3.05) is 6.54 Å². The molecule has 1 rings (SSSR count). The van der Waals surface area contributed by atoms with Gasteiger partial charge in [0.05, 0.1) is 0 Å². The number of nitrogens with one attached hydrogen (secondary N) is 2. The quantitative estimate of drug-likeness (QED) is 0.897. The minimum Gasteiger partial charge on any atom is -0.444 e. The Morgan fingerprint density at radius 1 is 1.62 bits per heavy atom. The molecule has 16 heavy (non-hydrogen) atoms. The second-order valence-corrected chi connectivity index (χ2v) is 5.13. The second-order valence-electron chi connectivity index (χ2n) is 4.38. The number of H-pyrrole nitrogens is 1. The molecular weight excluding hydrogens is 274 g/mol. The lowest BCUT2D eigenvalue weighted by atomic mass is 10.2. The van der Waals surface area contributed by atoms with E-state index in [4.69, 9.17) is 4.74 Å². The van der Waals surface area contributed by atoms with Crippen LogP contribution in [0.5, 0.6) is 0 Å². The lowest BCUT2D eigenvalue weighted by molar-refractivity contribution is 0.0528. The minimum absolute atomic E-state index is 0.397. The van der Waals surface area contributed by atoms with E-state index in [1.807, 2.05) is 20.8 Å². The number of alkyl carbamates (subject to hydrolysis) is 1. The van der Waals surface area contributed by atoms with Gasteiger partial charge in [-0.05, 0) is 36.7 Å². The van der Waals surface area contributed by atoms with E-state index >= 15 is 0 Å². The normalized spacial score (nSPS) is 11.2. The van der Waals surface area contributed by atoms with Crippen molar-refractivity contribution in [3.63, 3.8) is 0 Å². The first kappa shape index (κ1) is 13.0. The summed E-state index contributed by atoms with van der Waals surface area (Å²) < 4.78 is 5.79. The van der Waals surface area contributed by atoms with Crippen LogP contribution in [0.15, 0.2) is 10.9 Å². The molecular formula is C10H16BrN3O2. The number of aromatic amines is 1. The number of hydrogen-bond acceptors (Lipinski definition) is 3. The average Bonchev–Trinajstić information content (AvgIpc) is 2.48. The molecule has 5 nitrogen and oxygen atoms in total. The lowest BCUT2D eigenvalue weighted by Crippen LogP contribution is -2.33. The standard InChI is InChI=1S/C10H16BrN3O2/c1-10(2,3)16-9(15)12-5-4-7-6-13-8(11)14-7/h6H,4-5H2,1-3H3,(H,12,15)(H,13,14). The summed E-state index contributed by atoms with van der Waals surface area (Å²) in [4.78, 5) is 18.3. The molecule has 0 saturated heterocycles. The SMILES string of the molecule is CC(C)(C)OC(=O)NCCc1cnc(Br)[nH]1. The van der Waals surface area contributed by atoms with Gasteiger partial charge in [0, 0.05) is 24.9 Å². The molecule has 6 heteroatoms. The number of nitrogens with zero attached hydrogens (tertiary/aromatic N) is 1. The number of hydrogen-bond donors (Lipinski definition) is 2. The number of carbonyl (C=O) groups excluding carboxylic acids is 1. The molecule has 0 aliphatic rings. The molecule has 0 aromatic carbocycles. The summed E-state index contributed by atoms with van der Waals surface area (Å²) in [5, 5.41) is 2.67. The summed E-state index contributed by atoms with van der Waals surface area (Å²) in [5.74, 6) is 0. The van der Waals surface area contributed by atoms with Gasteiger partial charge < -0.3 is 15.0 Å². The Labute approximate surface area is 103 Å². The zero-order valence-corrected chi connectivity index (χ0v) is 11.2. The first-order chi connectivity index (χ1) is 7.37. The van der Waals surface area contributed by atoms with Crippen LogP contribution in [0, 0.1) is 0 Å². The number of carbonyl (C=O) groups is 1. The van der Waals surface area contributed by atoms with Crippen molar-refractivity contribution in [3.05, 3.63) is 16.6 Å². The predicted octanol–water partition coefficient (Wildman–Crippen LogP) is 2.24. The highest BCUT2D eigenvalue weighted by molar-refractivity contribution is 9.10. The lowest BCUT2D eigenvalue weighted by Gasteiger charge is -2.19. The fraction of sp³-hybridized carbons (Fsp3) is 0.600. The first-order valence-electron chi connectivity index (χ1n) is 5.03. The van der Waals surface area contributed by atoms with Crippen molar-refractivity contribution in [2.24, 2.45) is 0 Å². The number of ether oxygens (including phenoxy) is 1. The fourth-order valence-electron chi connectivity index (χ4n) is 1.07. The Balaban J connectivity index is 2.23. The summed E-state index contributed by atoms with van der Waals surface area (Å²) in [5.41, 5.74) is 0.504. The van der Waals surface area contributed by atoms with Crippen LogP contribution in [0.1, 0.15) is 26.5 Å². The van der Waals surface area contributed by atoms with Gasteiger partial charge in [0.25, 0.3) is 0 Å². The topological polar surface area (TPSA) is 67.0 Å². The summed E-state index contributed by atoms with van der Waals surface area (Å²) in [6, 6.07) is 0. The Hall–Kier alpha value is -1.04. The third kappa shape index (κ3) is 5.16. The summed E-state index contributed by atoms with van der Waals surface area (Å²) >= 11 is 3.21. The van der Waals surface area contributed by atoms with Gasteiger partial charge in [0.2, 0.25) is 0 Å². The van der Waals surface area contributed by atoms with E-state index in [1.54, 1.807) is 6.20 Å². The summed E-state index contributed by atoms with van der Waals surface area (Å²) in [6.07, 6.45) is 2.02. The van der Waals surface area contributed by atoms with Crippen molar-refractivity contribution in [1.29, 1.82) is 0 Å². The molecule has 0 saturated carbocycles. The van der Waals surface area contributed by atoms with Crippen LogP contribution in [-0.2, 0) is 11.2 Å². The third-order valence-electron chi connectivity index (χ3n) is 1.66. The van der Waals surface area contributed by atoms with E-state index in [0.29, 0.717) is 17.7 Å². The molecule has 2 N–H and O–H groups in total. The molecule has 0 spiro atoms. The van der Waals surface area contributed by atoms with Gasteiger partial charge in [0.1, 0.15) is 5.60 Å². The van der Waals surface area contributed by atoms with Gasteiger partial charge in [-0.15, -0.1) is 0 Å². The van der Waals surface area contributed by atoms with Crippen LogP contribution in [0.4, 0.5) is 4.79 Å². The number of halogens is 1. The highest BCUT2D eigenvalue weighted by atomic mass is 79.9. The van der Waals surface area contributed by atoms with Crippen LogP contribution >= 0.6 is 15.9 Å². The maximum Gasteiger partial charge on any atom is 0.407 e. The van der Waals surface area contributed by atoms with Gasteiger partial charge in [-0.2, -0.15) is 0 Å². The average molecular weight is 290 g/mol. The van der Waals surface area contributed by atoms with Crippen molar-refractivity contribution in [2.45, 2.75) is 32.8 Å². The van der Waals surface area contributed by atoms with E-state index < -0.39 is 11.7 Å². The highest BCUT2D eigenvalue weighted by Gasteiger charge is 2.15. The van der Waals surface area contributed by atoms with Crippen LogP contribution in [0.25, 0.3) is 0 Å². The predicted molar refractivity (Wildman–Crippen MR) is 64.2 cm³/mol. The molecule has 0 bridgehead atoms. The van der Waals surface area contributed by atoms with Crippen LogP contribution in [0.2, 0.25) is 0 Å². The van der Waals surface area contributed by atoms with Crippen molar-refractivity contribution in [3.8, 4) is 0 Å². The number of amides is 1. The molecule has 1 heterocycles. The van der Waals surface area contributed by atoms with E-state index in [0.717, 1.165) is 5.69 Å². The smallest absolute Gasteiger partial charge is 0.407 e. The van der Waals surface area contributed by atoms with Crippen molar-refractivity contribution >= 4 is 22.0 Å². The Bertz CT molecular complexity index is 357. The number of rotatable bonds is 3. The Morgan fingerprint density at radius 2 is 2.31 bits per heavy atom. The molecule has 1 aromatic heterocycles. The van der Waals surface area contributed by atoms with Crippen molar-refractivity contribution in [1.82, 2.24) is 15.3 Å². The maximum absolute atomic E-state index is 11.3. The van der Waals surface area contributed by atoms with E-state index in [-0.39, 0.29) is 0 Å². The van der Waals surface area contributed by atoms with Gasteiger partial charge in [0.15, 0.2) is 4.73 Å². The molecule has 0 aliphatic carbocycles. The molecule has 0 radical (unpaired) electrons. The molecule has 0 fully saturated rings. The van der Waals surface area contributed by atoms with Crippen LogP contribution in [0.3, 0.4) is 0 Å². The zero-order valence-electron chi connectivity index (χ0n) is 9.63. The molecule has 0 unspecified atom stereocenters. The van der Waals surface area contributed by atoms with E-state index in [2.05, 4.69) is 31.2 Å². The van der Waals surface area contributed by atoms with Gasteiger partial charge in [-0.3, -0.25) is 0 Å². The van der Waals surface area contributed by atoms with Gasteiger partial charge in [-0.1, -0.05) is 0 Å². The zero-order chi connectivity index (χ0) is 12.2. The summed E-state index contributed by atoms with van der Waals surface area (Å²) in [7, 11) is 0. The number of aromatic nitrogens is 2. The molecule has 0 aliphatic heterocycles. The highest BCUT2D eigenvalue weighted by Crippen LogP contribution is 2.07. The molecule has 90 valence electrons. The Kier molecular flexibility index (Phi) is 4.35. The Morgan fingerprint density at radius 3 is 2.81 bits per heavy atom. The number of imidazole rings is 1. The van der Waals surface area contributed by atoms with Crippen LogP contribution in [-0.4, -0.2) is 28.2 Å². The maximum atomic E-state index is 11.3. The molecule has 0 atom stereocenters. The molecule has 1 amide bonds. The van der Waals surface area contributed by atoms with Crippen molar-refractivity contribution < 1.29 is 9.53 Å².